The molecule has 0 aliphatic carbocycles. The standard InChI is InChI=1S/C18H16N4O3/c23-16-13-7-1-4-11-5-3-9-22(15(11)13)18(25)14(16)17(24)21-20-10-12-6-2-8-19-12/h1-2,4,6-8,10,19,23H,3,5,9H2,(H,21,24)/b20-10-. The smallest absolute Gasteiger partial charge is 0.280 e. The minimum atomic E-state index is -0.730. The number of hydrogen-bond acceptors (Lipinski definition) is 4. The summed E-state index contributed by atoms with van der Waals surface area (Å²) in [5, 5.41) is 14.9. The van der Waals surface area contributed by atoms with Gasteiger partial charge >= 0.3 is 0 Å². The second-order valence-corrected chi connectivity index (χ2v) is 5.92. The number of para-hydroxylation sites is 1. The number of amides is 1. The summed E-state index contributed by atoms with van der Waals surface area (Å²) in [5.41, 5.74) is 3.95. The predicted octanol–water partition coefficient (Wildman–Crippen LogP) is 1.75. The van der Waals surface area contributed by atoms with Crippen LogP contribution in [0.25, 0.3) is 10.9 Å². The molecule has 0 atom stereocenters. The highest BCUT2D eigenvalue weighted by atomic mass is 16.3. The highest BCUT2D eigenvalue weighted by Crippen LogP contribution is 2.31. The van der Waals surface area contributed by atoms with Crippen LogP contribution in [0.4, 0.5) is 0 Å². The van der Waals surface area contributed by atoms with Crippen LogP contribution in [0.2, 0.25) is 0 Å². The third-order valence-electron chi connectivity index (χ3n) is 4.39. The maximum atomic E-state index is 12.7. The monoisotopic (exact) mass is 336 g/mol. The number of hydrogen-bond donors (Lipinski definition) is 3. The van der Waals surface area contributed by atoms with Gasteiger partial charge < -0.3 is 14.7 Å². The highest BCUT2D eigenvalue weighted by Gasteiger charge is 2.24. The number of hydrazone groups is 1. The van der Waals surface area contributed by atoms with Crippen LogP contribution in [0, 0.1) is 0 Å². The molecule has 126 valence electrons. The number of carbonyl (C=O) groups excluding carboxylic acids is 1. The van der Waals surface area contributed by atoms with Gasteiger partial charge in [-0.05, 0) is 36.6 Å². The van der Waals surface area contributed by atoms with Crippen molar-refractivity contribution in [3.05, 3.63) is 63.7 Å². The molecule has 0 bridgehead atoms. The summed E-state index contributed by atoms with van der Waals surface area (Å²) < 4.78 is 1.57. The molecule has 1 aliphatic rings. The van der Waals surface area contributed by atoms with Crippen molar-refractivity contribution in [2.24, 2.45) is 5.10 Å². The maximum absolute atomic E-state index is 12.7. The summed E-state index contributed by atoms with van der Waals surface area (Å²) in [6.07, 6.45) is 4.83. The predicted molar refractivity (Wildman–Crippen MR) is 94.0 cm³/mol. The molecule has 0 unspecified atom stereocenters. The Hall–Kier alpha value is -3.35. The summed E-state index contributed by atoms with van der Waals surface area (Å²) in [7, 11) is 0. The Morgan fingerprint density at radius 2 is 2.20 bits per heavy atom. The second-order valence-electron chi connectivity index (χ2n) is 5.92. The van der Waals surface area contributed by atoms with Gasteiger partial charge in [0.15, 0.2) is 0 Å². The minimum absolute atomic E-state index is 0.282. The first kappa shape index (κ1) is 15.2. The third kappa shape index (κ3) is 2.50. The Balaban J connectivity index is 1.77. The van der Waals surface area contributed by atoms with Crippen molar-refractivity contribution in [2.45, 2.75) is 19.4 Å². The molecule has 7 nitrogen and oxygen atoms in total. The van der Waals surface area contributed by atoms with E-state index in [1.54, 1.807) is 29.0 Å². The van der Waals surface area contributed by atoms with Gasteiger partial charge in [0, 0.05) is 18.1 Å². The molecule has 7 heteroatoms. The number of rotatable bonds is 3. The molecule has 0 saturated carbocycles. The lowest BCUT2D eigenvalue weighted by Gasteiger charge is -2.21. The zero-order chi connectivity index (χ0) is 17.4. The zero-order valence-corrected chi connectivity index (χ0v) is 13.3. The number of carbonyl (C=O) groups is 1. The number of aryl methyl sites for hydroxylation is 2. The fraction of sp³-hybridized carbons (Fsp3) is 0.167. The van der Waals surface area contributed by atoms with Gasteiger partial charge in [-0.25, -0.2) is 5.43 Å². The zero-order valence-electron chi connectivity index (χ0n) is 13.3. The lowest BCUT2D eigenvalue weighted by atomic mass is 9.99. The van der Waals surface area contributed by atoms with E-state index in [9.17, 15) is 14.7 Å². The Bertz CT molecular complexity index is 1050. The molecule has 0 spiro atoms. The van der Waals surface area contributed by atoms with E-state index in [0.717, 1.165) is 18.4 Å². The van der Waals surface area contributed by atoms with Gasteiger partial charge in [-0.15, -0.1) is 0 Å². The number of nitrogens with zero attached hydrogens (tertiary/aromatic N) is 2. The molecule has 0 saturated heterocycles. The summed E-state index contributed by atoms with van der Waals surface area (Å²) in [4.78, 5) is 28.1. The van der Waals surface area contributed by atoms with Crippen LogP contribution in [-0.2, 0) is 13.0 Å². The van der Waals surface area contributed by atoms with E-state index in [1.807, 2.05) is 12.1 Å². The SMILES string of the molecule is O=C(N/N=C\c1ccc[nH]1)c1c(O)c2cccc3c2n(c1=O)CCC3. The van der Waals surface area contributed by atoms with E-state index in [0.29, 0.717) is 23.1 Å². The van der Waals surface area contributed by atoms with Crippen molar-refractivity contribution in [1.82, 2.24) is 15.0 Å². The molecule has 2 aromatic heterocycles. The molecule has 1 aliphatic heterocycles. The number of aromatic nitrogens is 2. The lowest BCUT2D eigenvalue weighted by molar-refractivity contribution is 0.0950. The van der Waals surface area contributed by atoms with E-state index in [2.05, 4.69) is 15.5 Å². The Labute approximate surface area is 142 Å². The summed E-state index contributed by atoms with van der Waals surface area (Å²) >= 11 is 0. The first-order valence-electron chi connectivity index (χ1n) is 8.01. The first-order chi connectivity index (χ1) is 12.2. The third-order valence-corrected chi connectivity index (χ3v) is 4.39. The van der Waals surface area contributed by atoms with Crippen LogP contribution >= 0.6 is 0 Å². The van der Waals surface area contributed by atoms with Crippen molar-refractivity contribution < 1.29 is 9.90 Å². The Morgan fingerprint density at radius 1 is 1.32 bits per heavy atom. The normalized spacial score (nSPS) is 13.4. The molecule has 4 rings (SSSR count). The number of pyridine rings is 1. The van der Waals surface area contributed by atoms with E-state index < -0.39 is 11.5 Å². The fourth-order valence-corrected chi connectivity index (χ4v) is 3.26. The van der Waals surface area contributed by atoms with Crippen LogP contribution < -0.4 is 11.0 Å². The maximum Gasteiger partial charge on any atom is 0.280 e. The molecule has 1 aromatic carbocycles. The second kappa shape index (κ2) is 5.94. The molecule has 25 heavy (non-hydrogen) atoms. The van der Waals surface area contributed by atoms with Crippen molar-refractivity contribution in [3.8, 4) is 5.75 Å². The van der Waals surface area contributed by atoms with E-state index in [4.69, 9.17) is 0 Å². The highest BCUT2D eigenvalue weighted by molar-refractivity contribution is 6.03. The largest absolute Gasteiger partial charge is 0.506 e. The number of aromatic hydroxyl groups is 1. The van der Waals surface area contributed by atoms with E-state index in [-0.39, 0.29) is 11.3 Å². The number of benzene rings is 1. The van der Waals surface area contributed by atoms with Crippen molar-refractivity contribution in [3.63, 3.8) is 0 Å². The molecule has 3 heterocycles. The molecule has 3 N–H and O–H groups in total. The average molecular weight is 336 g/mol. The van der Waals surface area contributed by atoms with E-state index >= 15 is 0 Å². The van der Waals surface area contributed by atoms with Gasteiger partial charge in [0.25, 0.3) is 11.5 Å². The summed E-state index contributed by atoms with van der Waals surface area (Å²) in [5.74, 6) is -1.03. The van der Waals surface area contributed by atoms with Gasteiger partial charge in [0.05, 0.1) is 17.4 Å². The Morgan fingerprint density at radius 3 is 3.00 bits per heavy atom. The van der Waals surface area contributed by atoms with Crippen LogP contribution in [0.5, 0.6) is 5.75 Å². The average Bonchev–Trinajstić information content (AvgIpc) is 3.13. The molecule has 3 aromatic rings. The van der Waals surface area contributed by atoms with Crippen molar-refractivity contribution in [2.75, 3.05) is 0 Å². The molecule has 0 fully saturated rings. The van der Waals surface area contributed by atoms with Crippen molar-refractivity contribution >= 4 is 23.0 Å². The minimum Gasteiger partial charge on any atom is -0.506 e. The number of nitrogens with one attached hydrogen (secondary N) is 2. The van der Waals surface area contributed by atoms with E-state index in [1.165, 1.54) is 6.21 Å². The van der Waals surface area contributed by atoms with Gasteiger partial charge in [0.1, 0.15) is 11.3 Å². The summed E-state index contributed by atoms with van der Waals surface area (Å²) in [6.45, 7) is 0.526. The van der Waals surface area contributed by atoms with Crippen LogP contribution in [0.1, 0.15) is 28.0 Å². The van der Waals surface area contributed by atoms with Crippen LogP contribution in [-0.4, -0.2) is 26.8 Å². The van der Waals surface area contributed by atoms with Crippen molar-refractivity contribution in [1.29, 1.82) is 0 Å². The molecular weight excluding hydrogens is 320 g/mol. The topological polar surface area (TPSA) is 99.5 Å². The first-order valence-corrected chi connectivity index (χ1v) is 8.01. The molecule has 0 radical (unpaired) electrons. The van der Waals surface area contributed by atoms with Gasteiger partial charge in [0.2, 0.25) is 0 Å². The number of H-pyrrole nitrogens is 1. The van der Waals surface area contributed by atoms with Crippen LogP contribution in [0.3, 0.4) is 0 Å². The number of aromatic amines is 1. The van der Waals surface area contributed by atoms with Gasteiger partial charge in [-0.2, -0.15) is 5.10 Å². The quantitative estimate of drug-likeness (QED) is 0.502. The van der Waals surface area contributed by atoms with Gasteiger partial charge in [-0.3, -0.25) is 9.59 Å². The Kier molecular flexibility index (Phi) is 3.61. The molecular formula is C18H16N4O3. The van der Waals surface area contributed by atoms with Gasteiger partial charge in [-0.1, -0.05) is 12.1 Å². The molecule has 1 amide bonds. The fourth-order valence-electron chi connectivity index (χ4n) is 3.26. The lowest BCUT2D eigenvalue weighted by Crippen LogP contribution is -2.33. The summed E-state index contributed by atoms with van der Waals surface area (Å²) in [6, 6.07) is 9.06. The van der Waals surface area contributed by atoms with Crippen LogP contribution in [0.15, 0.2) is 46.4 Å².